The number of allylic oxidation sites excluding steroid dienone is 1. The van der Waals surface area contributed by atoms with E-state index in [0.717, 1.165) is 33.6 Å². The first-order valence-electron chi connectivity index (χ1n) is 13.0. The van der Waals surface area contributed by atoms with Crippen molar-refractivity contribution in [1.82, 2.24) is 9.66 Å². The fourth-order valence-corrected chi connectivity index (χ4v) is 4.62. The Morgan fingerprint density at radius 1 is 1.08 bits per heavy atom. The predicted octanol–water partition coefficient (Wildman–Crippen LogP) is 6.52. The summed E-state index contributed by atoms with van der Waals surface area (Å²) in [7, 11) is 3.27. The molecular weight excluding hydrogens is 490 g/mol. The molecule has 0 N–H and O–H groups in total. The van der Waals surface area contributed by atoms with E-state index in [1.807, 2.05) is 62.4 Å². The lowest BCUT2D eigenvalue weighted by molar-refractivity contribution is 0.308. The van der Waals surface area contributed by atoms with Crippen molar-refractivity contribution in [3.8, 4) is 28.6 Å². The highest BCUT2D eigenvalue weighted by Gasteiger charge is 2.19. The number of rotatable bonds is 10. The Kier molecular flexibility index (Phi) is 8.49. The van der Waals surface area contributed by atoms with Gasteiger partial charge in [0, 0.05) is 11.1 Å². The fraction of sp³-hybridized carbons (Fsp3) is 0.281. The molecule has 4 aromatic rings. The molecule has 3 aromatic carbocycles. The SMILES string of the molecule is C=CCc1cc(C=Nn2c(-c3cc(C(C)C)c(OC)cc3C)nc3ccccc3c2=O)cc(OC)c1OCC. The standard InChI is InChI=1S/C32H35N3O4/c1-8-12-23-16-22(17-29(38-7)30(23)39-9-2)19-33-35-31(34-27-14-11-10-13-24(27)32(35)36)26-18-25(20(3)4)28(37-6)15-21(26)5/h8,10-11,13-20H,1,9,12H2,2-7H3. The van der Waals surface area contributed by atoms with Crippen LogP contribution in [0.2, 0.25) is 0 Å². The van der Waals surface area contributed by atoms with Gasteiger partial charge in [-0.25, -0.2) is 4.98 Å². The van der Waals surface area contributed by atoms with Crippen LogP contribution >= 0.6 is 0 Å². The topological polar surface area (TPSA) is 74.9 Å². The third-order valence-corrected chi connectivity index (χ3v) is 6.54. The highest BCUT2D eigenvalue weighted by atomic mass is 16.5. The first-order chi connectivity index (χ1) is 18.8. The van der Waals surface area contributed by atoms with Gasteiger partial charge in [-0.2, -0.15) is 9.78 Å². The van der Waals surface area contributed by atoms with E-state index in [-0.39, 0.29) is 11.5 Å². The Balaban J connectivity index is 1.96. The summed E-state index contributed by atoms with van der Waals surface area (Å²) in [5.74, 6) is 2.75. The molecule has 202 valence electrons. The van der Waals surface area contributed by atoms with E-state index in [4.69, 9.17) is 19.2 Å². The molecule has 0 aliphatic heterocycles. The third kappa shape index (κ3) is 5.58. The van der Waals surface area contributed by atoms with Crippen molar-refractivity contribution in [3.05, 3.63) is 93.8 Å². The number of para-hydroxylation sites is 1. The monoisotopic (exact) mass is 525 g/mol. The summed E-state index contributed by atoms with van der Waals surface area (Å²) in [6, 6.07) is 15.2. The summed E-state index contributed by atoms with van der Waals surface area (Å²) >= 11 is 0. The summed E-state index contributed by atoms with van der Waals surface area (Å²) in [5.41, 5.74) is 4.81. The van der Waals surface area contributed by atoms with Crippen molar-refractivity contribution < 1.29 is 14.2 Å². The first kappa shape index (κ1) is 27.6. The fourth-order valence-electron chi connectivity index (χ4n) is 4.62. The van der Waals surface area contributed by atoms with Crippen LogP contribution in [-0.2, 0) is 6.42 Å². The van der Waals surface area contributed by atoms with Crippen LogP contribution in [0, 0.1) is 6.92 Å². The Morgan fingerprint density at radius 3 is 2.49 bits per heavy atom. The molecule has 39 heavy (non-hydrogen) atoms. The smallest absolute Gasteiger partial charge is 0.282 e. The zero-order chi connectivity index (χ0) is 28.1. The Morgan fingerprint density at radius 2 is 1.82 bits per heavy atom. The second-order valence-corrected chi connectivity index (χ2v) is 9.52. The summed E-state index contributed by atoms with van der Waals surface area (Å²) < 4.78 is 18.5. The van der Waals surface area contributed by atoms with Crippen molar-refractivity contribution in [3.63, 3.8) is 0 Å². The van der Waals surface area contributed by atoms with Crippen LogP contribution in [0.25, 0.3) is 22.3 Å². The molecule has 0 amide bonds. The average Bonchev–Trinajstić information content (AvgIpc) is 2.93. The molecule has 0 atom stereocenters. The molecule has 0 fully saturated rings. The molecule has 0 radical (unpaired) electrons. The number of nitrogens with zero attached hydrogens (tertiary/aromatic N) is 3. The van der Waals surface area contributed by atoms with Crippen molar-refractivity contribution in [2.45, 2.75) is 40.0 Å². The number of ether oxygens (including phenoxy) is 3. The van der Waals surface area contributed by atoms with Gasteiger partial charge in [-0.05, 0) is 79.3 Å². The number of hydrogen-bond donors (Lipinski definition) is 0. The molecule has 0 aliphatic carbocycles. The maximum Gasteiger partial charge on any atom is 0.282 e. The lowest BCUT2D eigenvalue weighted by Gasteiger charge is -2.17. The number of fused-ring (bicyclic) bond motifs is 1. The van der Waals surface area contributed by atoms with Gasteiger partial charge in [0.1, 0.15) is 5.75 Å². The lowest BCUT2D eigenvalue weighted by atomic mass is 9.96. The zero-order valence-corrected chi connectivity index (χ0v) is 23.4. The minimum absolute atomic E-state index is 0.211. The second kappa shape index (κ2) is 12.0. The third-order valence-electron chi connectivity index (χ3n) is 6.54. The highest BCUT2D eigenvalue weighted by molar-refractivity contribution is 5.83. The second-order valence-electron chi connectivity index (χ2n) is 9.52. The summed E-state index contributed by atoms with van der Waals surface area (Å²) in [4.78, 5) is 18.7. The van der Waals surface area contributed by atoms with E-state index in [9.17, 15) is 4.79 Å². The number of aryl methyl sites for hydroxylation is 1. The molecule has 0 saturated carbocycles. The molecule has 1 heterocycles. The molecule has 0 unspecified atom stereocenters. The minimum atomic E-state index is -0.252. The number of benzene rings is 3. The van der Waals surface area contributed by atoms with E-state index >= 15 is 0 Å². The first-order valence-corrected chi connectivity index (χ1v) is 13.0. The molecule has 1 aromatic heterocycles. The summed E-state index contributed by atoms with van der Waals surface area (Å²) in [6.07, 6.45) is 4.06. The van der Waals surface area contributed by atoms with Gasteiger partial charge in [-0.3, -0.25) is 4.79 Å². The van der Waals surface area contributed by atoms with Crippen LogP contribution < -0.4 is 19.8 Å². The molecule has 0 saturated heterocycles. The minimum Gasteiger partial charge on any atom is -0.496 e. The van der Waals surface area contributed by atoms with Crippen LogP contribution in [-0.4, -0.2) is 36.7 Å². The molecule has 7 nitrogen and oxygen atoms in total. The normalized spacial score (nSPS) is 11.4. The summed E-state index contributed by atoms with van der Waals surface area (Å²) in [6.45, 7) is 12.5. The lowest BCUT2D eigenvalue weighted by Crippen LogP contribution is -2.21. The highest BCUT2D eigenvalue weighted by Crippen LogP contribution is 2.35. The van der Waals surface area contributed by atoms with Gasteiger partial charge in [0.15, 0.2) is 17.3 Å². The van der Waals surface area contributed by atoms with Crippen LogP contribution in [0.15, 0.2) is 71.1 Å². The Bertz CT molecular complexity index is 1600. The van der Waals surface area contributed by atoms with Crippen molar-refractivity contribution in [2.24, 2.45) is 5.10 Å². The van der Waals surface area contributed by atoms with E-state index < -0.39 is 0 Å². The van der Waals surface area contributed by atoms with Crippen LogP contribution in [0.5, 0.6) is 17.2 Å². The van der Waals surface area contributed by atoms with Gasteiger partial charge >= 0.3 is 0 Å². The van der Waals surface area contributed by atoms with E-state index in [0.29, 0.717) is 41.3 Å². The van der Waals surface area contributed by atoms with E-state index in [1.54, 1.807) is 26.5 Å². The van der Waals surface area contributed by atoms with Crippen LogP contribution in [0.4, 0.5) is 0 Å². The molecule has 7 heteroatoms. The quantitative estimate of drug-likeness (QED) is 0.174. The van der Waals surface area contributed by atoms with Crippen molar-refractivity contribution in [1.29, 1.82) is 0 Å². The largest absolute Gasteiger partial charge is 0.496 e. The Hall–Kier alpha value is -4.39. The Labute approximate surface area is 229 Å². The van der Waals surface area contributed by atoms with E-state index in [2.05, 4.69) is 25.5 Å². The molecular formula is C32H35N3O4. The van der Waals surface area contributed by atoms with Crippen LogP contribution in [0.3, 0.4) is 0 Å². The maximum absolute atomic E-state index is 13.8. The van der Waals surface area contributed by atoms with Gasteiger partial charge in [0.2, 0.25) is 0 Å². The van der Waals surface area contributed by atoms with Gasteiger partial charge in [0.05, 0.1) is 37.9 Å². The molecule has 0 aliphatic rings. The van der Waals surface area contributed by atoms with Gasteiger partial charge < -0.3 is 14.2 Å². The predicted molar refractivity (Wildman–Crippen MR) is 158 cm³/mol. The van der Waals surface area contributed by atoms with Gasteiger partial charge in [-0.1, -0.05) is 32.1 Å². The number of aromatic nitrogens is 2. The zero-order valence-electron chi connectivity index (χ0n) is 23.4. The molecule has 0 spiro atoms. The summed E-state index contributed by atoms with van der Waals surface area (Å²) in [5, 5.41) is 5.17. The average molecular weight is 526 g/mol. The molecule has 0 bridgehead atoms. The van der Waals surface area contributed by atoms with Gasteiger partial charge in [0.25, 0.3) is 5.56 Å². The van der Waals surface area contributed by atoms with E-state index in [1.165, 1.54) is 4.68 Å². The molecule has 4 rings (SSSR count). The van der Waals surface area contributed by atoms with Crippen LogP contribution in [0.1, 0.15) is 48.9 Å². The number of methoxy groups -OCH3 is 2. The van der Waals surface area contributed by atoms with Gasteiger partial charge in [-0.15, -0.1) is 6.58 Å². The number of hydrogen-bond acceptors (Lipinski definition) is 6. The van der Waals surface area contributed by atoms with Crippen molar-refractivity contribution >= 4 is 17.1 Å². The maximum atomic E-state index is 13.8. The van der Waals surface area contributed by atoms with Crippen molar-refractivity contribution in [2.75, 3.05) is 20.8 Å².